The summed E-state index contributed by atoms with van der Waals surface area (Å²) in [6.45, 7) is 12.6. The lowest BCUT2D eigenvalue weighted by Crippen LogP contribution is -2.32. The maximum atomic E-state index is 12.2. The van der Waals surface area contributed by atoms with Crippen LogP contribution in [-0.2, 0) is 19.3 Å². The van der Waals surface area contributed by atoms with Gasteiger partial charge in [0.1, 0.15) is 0 Å². The first-order valence-corrected chi connectivity index (χ1v) is 8.85. The molecule has 0 saturated carbocycles. The van der Waals surface area contributed by atoms with E-state index in [-0.39, 0.29) is 5.97 Å². The van der Waals surface area contributed by atoms with Gasteiger partial charge in [-0.3, -0.25) is 0 Å². The van der Waals surface area contributed by atoms with E-state index in [1.165, 1.54) is 12.8 Å². The molecule has 0 heterocycles. The summed E-state index contributed by atoms with van der Waals surface area (Å²) in [5, 5.41) is 0. The van der Waals surface area contributed by atoms with E-state index in [1.807, 2.05) is 20.8 Å². The minimum absolute atomic E-state index is 0.298. The molecule has 0 saturated heterocycles. The lowest BCUT2D eigenvalue weighted by Gasteiger charge is -2.23. The SMILES string of the molecule is CCCCC(CC)COC(=O)C(CCCC)OOC(C)(C)C. The number of ether oxygens (including phenoxy) is 1. The molecule has 4 heteroatoms. The molecule has 0 rings (SSSR count). The largest absolute Gasteiger partial charge is 0.463 e. The summed E-state index contributed by atoms with van der Waals surface area (Å²) < 4.78 is 5.47. The van der Waals surface area contributed by atoms with Crippen LogP contribution in [0.4, 0.5) is 0 Å². The molecule has 132 valence electrons. The lowest BCUT2D eigenvalue weighted by atomic mass is 10.0. The summed E-state index contributed by atoms with van der Waals surface area (Å²) in [5.41, 5.74) is -0.433. The zero-order valence-electron chi connectivity index (χ0n) is 15.4. The quantitative estimate of drug-likeness (QED) is 0.287. The molecule has 0 radical (unpaired) electrons. The predicted octanol–water partition coefficient (Wildman–Crippen LogP) is 5.05. The van der Waals surface area contributed by atoms with Crippen molar-refractivity contribution in [2.24, 2.45) is 5.92 Å². The van der Waals surface area contributed by atoms with Crippen molar-refractivity contribution in [2.45, 2.75) is 98.2 Å². The van der Waals surface area contributed by atoms with Crippen molar-refractivity contribution in [2.75, 3.05) is 6.61 Å². The van der Waals surface area contributed by atoms with E-state index in [9.17, 15) is 4.79 Å². The zero-order valence-corrected chi connectivity index (χ0v) is 15.4. The molecule has 0 spiro atoms. The highest BCUT2D eigenvalue weighted by atomic mass is 17.2. The Bertz CT molecular complexity index is 283. The maximum Gasteiger partial charge on any atom is 0.338 e. The smallest absolute Gasteiger partial charge is 0.338 e. The average molecular weight is 316 g/mol. The summed E-state index contributed by atoms with van der Waals surface area (Å²) >= 11 is 0. The Kier molecular flexibility index (Phi) is 11.6. The van der Waals surface area contributed by atoms with E-state index >= 15 is 0 Å². The Morgan fingerprint density at radius 3 is 2.09 bits per heavy atom. The van der Waals surface area contributed by atoms with E-state index in [2.05, 4.69) is 20.8 Å². The normalized spacial score (nSPS) is 14.6. The molecule has 0 aliphatic heterocycles. The van der Waals surface area contributed by atoms with Crippen LogP contribution >= 0.6 is 0 Å². The molecule has 0 aromatic heterocycles. The van der Waals surface area contributed by atoms with Crippen molar-refractivity contribution in [1.29, 1.82) is 0 Å². The van der Waals surface area contributed by atoms with Crippen LogP contribution < -0.4 is 0 Å². The number of rotatable bonds is 12. The Hall–Kier alpha value is -0.610. The van der Waals surface area contributed by atoms with Gasteiger partial charge in [0, 0.05) is 0 Å². The minimum Gasteiger partial charge on any atom is -0.463 e. The van der Waals surface area contributed by atoms with Gasteiger partial charge in [-0.25, -0.2) is 14.6 Å². The molecular weight excluding hydrogens is 280 g/mol. The second kappa shape index (κ2) is 11.9. The summed E-state index contributed by atoms with van der Waals surface area (Å²) in [7, 11) is 0. The van der Waals surface area contributed by atoms with Gasteiger partial charge in [-0.1, -0.05) is 52.9 Å². The van der Waals surface area contributed by atoms with Gasteiger partial charge in [0.25, 0.3) is 0 Å². The van der Waals surface area contributed by atoms with Crippen molar-refractivity contribution in [3.8, 4) is 0 Å². The van der Waals surface area contributed by atoms with Gasteiger partial charge in [0.15, 0.2) is 6.10 Å². The van der Waals surface area contributed by atoms with Crippen LogP contribution in [0.15, 0.2) is 0 Å². The molecule has 22 heavy (non-hydrogen) atoms. The third kappa shape index (κ3) is 11.0. The molecule has 2 unspecified atom stereocenters. The Morgan fingerprint density at radius 1 is 1.00 bits per heavy atom. The molecular formula is C18H36O4. The van der Waals surface area contributed by atoms with Crippen molar-refractivity contribution < 1.29 is 19.3 Å². The van der Waals surface area contributed by atoms with Gasteiger partial charge < -0.3 is 4.74 Å². The topological polar surface area (TPSA) is 44.8 Å². The highest BCUT2D eigenvalue weighted by Gasteiger charge is 2.25. The molecule has 2 atom stereocenters. The predicted molar refractivity (Wildman–Crippen MR) is 89.5 cm³/mol. The van der Waals surface area contributed by atoms with Crippen molar-refractivity contribution >= 4 is 5.97 Å². The van der Waals surface area contributed by atoms with Crippen LogP contribution in [0.2, 0.25) is 0 Å². The third-order valence-electron chi connectivity index (χ3n) is 3.50. The Balaban J connectivity index is 4.35. The van der Waals surface area contributed by atoms with E-state index in [4.69, 9.17) is 14.5 Å². The third-order valence-corrected chi connectivity index (χ3v) is 3.50. The first kappa shape index (κ1) is 21.4. The molecule has 0 N–H and O–H groups in total. The van der Waals surface area contributed by atoms with E-state index < -0.39 is 11.7 Å². The molecule has 0 aromatic rings. The number of unbranched alkanes of at least 4 members (excludes halogenated alkanes) is 2. The molecule has 0 bridgehead atoms. The molecule has 0 aliphatic rings. The van der Waals surface area contributed by atoms with Gasteiger partial charge in [-0.05, 0) is 39.5 Å². The van der Waals surface area contributed by atoms with Gasteiger partial charge in [0.2, 0.25) is 0 Å². The molecule has 0 amide bonds. The molecule has 4 nitrogen and oxygen atoms in total. The van der Waals surface area contributed by atoms with Crippen LogP contribution in [0.1, 0.15) is 86.5 Å². The first-order chi connectivity index (χ1) is 10.3. The van der Waals surface area contributed by atoms with Crippen LogP contribution in [0.5, 0.6) is 0 Å². The second-order valence-corrected chi connectivity index (χ2v) is 6.97. The van der Waals surface area contributed by atoms with Crippen LogP contribution in [0.3, 0.4) is 0 Å². The number of carbonyl (C=O) groups excluding carboxylic acids is 1. The fourth-order valence-corrected chi connectivity index (χ4v) is 1.99. The standard InChI is InChI=1S/C18H36O4/c1-7-10-12-15(9-3)14-20-17(19)16(13-11-8-2)21-22-18(4,5)6/h15-16H,7-14H2,1-6H3. The Morgan fingerprint density at radius 2 is 1.59 bits per heavy atom. The first-order valence-electron chi connectivity index (χ1n) is 8.85. The van der Waals surface area contributed by atoms with Crippen LogP contribution in [0, 0.1) is 5.92 Å². The van der Waals surface area contributed by atoms with Gasteiger partial charge in [-0.2, -0.15) is 0 Å². The number of hydrogen-bond donors (Lipinski definition) is 0. The fraction of sp³-hybridized carbons (Fsp3) is 0.944. The zero-order chi connectivity index (χ0) is 17.0. The minimum atomic E-state index is -0.622. The van der Waals surface area contributed by atoms with Crippen molar-refractivity contribution in [1.82, 2.24) is 0 Å². The van der Waals surface area contributed by atoms with E-state index in [0.29, 0.717) is 18.9 Å². The lowest BCUT2D eigenvalue weighted by molar-refractivity contribution is -0.369. The average Bonchev–Trinajstić information content (AvgIpc) is 2.46. The summed E-state index contributed by atoms with van der Waals surface area (Å²) in [6.07, 6.45) is 6.44. The van der Waals surface area contributed by atoms with Crippen molar-refractivity contribution in [3.05, 3.63) is 0 Å². The molecule has 0 fully saturated rings. The van der Waals surface area contributed by atoms with Gasteiger partial charge >= 0.3 is 5.97 Å². The fourth-order valence-electron chi connectivity index (χ4n) is 1.99. The number of esters is 1. The van der Waals surface area contributed by atoms with Gasteiger partial charge in [0.05, 0.1) is 12.2 Å². The summed E-state index contributed by atoms with van der Waals surface area (Å²) in [4.78, 5) is 22.9. The highest BCUT2D eigenvalue weighted by molar-refractivity contribution is 5.74. The monoisotopic (exact) mass is 316 g/mol. The van der Waals surface area contributed by atoms with Crippen LogP contribution in [-0.4, -0.2) is 24.3 Å². The molecule has 0 aromatic carbocycles. The number of hydrogen-bond acceptors (Lipinski definition) is 4. The van der Waals surface area contributed by atoms with E-state index in [1.54, 1.807) is 0 Å². The second-order valence-electron chi connectivity index (χ2n) is 6.97. The van der Waals surface area contributed by atoms with E-state index in [0.717, 1.165) is 25.7 Å². The number of carbonyl (C=O) groups is 1. The summed E-state index contributed by atoms with van der Waals surface area (Å²) in [5.74, 6) is 0.145. The molecule has 0 aliphatic carbocycles. The van der Waals surface area contributed by atoms with Crippen molar-refractivity contribution in [3.63, 3.8) is 0 Å². The maximum absolute atomic E-state index is 12.2. The van der Waals surface area contributed by atoms with Gasteiger partial charge in [-0.15, -0.1) is 0 Å². The Labute approximate surface area is 136 Å². The highest BCUT2D eigenvalue weighted by Crippen LogP contribution is 2.16. The summed E-state index contributed by atoms with van der Waals surface area (Å²) in [6, 6.07) is 0. The van der Waals surface area contributed by atoms with Crippen LogP contribution in [0.25, 0.3) is 0 Å².